The highest BCUT2D eigenvalue weighted by Crippen LogP contribution is 2.30. The molecule has 1 unspecified atom stereocenters. The first-order valence-electron chi connectivity index (χ1n) is 7.44. The second-order valence-corrected chi connectivity index (χ2v) is 6.06. The first-order valence-corrected chi connectivity index (χ1v) is 7.82. The molecule has 0 N–H and O–H groups in total. The van der Waals surface area contributed by atoms with Crippen molar-refractivity contribution in [2.45, 2.75) is 32.5 Å². The van der Waals surface area contributed by atoms with E-state index in [0.29, 0.717) is 23.0 Å². The largest absolute Gasteiger partial charge is 0.435 e. The van der Waals surface area contributed by atoms with Crippen molar-refractivity contribution in [3.05, 3.63) is 64.1 Å². The van der Waals surface area contributed by atoms with Crippen LogP contribution in [0.2, 0.25) is 5.02 Å². The third-order valence-corrected chi connectivity index (χ3v) is 3.94. The number of halogens is 4. The first kappa shape index (κ1) is 17.5. The van der Waals surface area contributed by atoms with E-state index in [-0.39, 0.29) is 5.89 Å². The molecule has 0 saturated carbocycles. The van der Waals surface area contributed by atoms with Gasteiger partial charge in [0.2, 0.25) is 11.8 Å². The minimum absolute atomic E-state index is 0.198. The molecule has 0 aliphatic heterocycles. The van der Waals surface area contributed by atoms with Gasteiger partial charge in [-0.05, 0) is 37.6 Å². The van der Waals surface area contributed by atoms with Crippen LogP contribution in [-0.2, 0) is 12.6 Å². The molecule has 0 fully saturated rings. The molecular formula is C16H14ClF3N4O. The predicted octanol–water partition coefficient (Wildman–Crippen LogP) is 4.45. The fraction of sp³-hybridized carbons (Fsp3) is 0.312. The van der Waals surface area contributed by atoms with Gasteiger partial charge in [-0.2, -0.15) is 18.3 Å². The Morgan fingerprint density at radius 1 is 1.20 bits per heavy atom. The minimum atomic E-state index is -4.50. The lowest BCUT2D eigenvalue weighted by atomic mass is 10.1. The molecule has 25 heavy (non-hydrogen) atoms. The smallest absolute Gasteiger partial charge is 0.423 e. The molecule has 9 heteroatoms. The molecule has 2 aromatic heterocycles. The molecule has 3 aromatic rings. The second kappa shape index (κ2) is 6.51. The van der Waals surface area contributed by atoms with Gasteiger partial charge in [0, 0.05) is 10.7 Å². The van der Waals surface area contributed by atoms with Crippen LogP contribution in [0, 0.1) is 6.92 Å². The van der Waals surface area contributed by atoms with Gasteiger partial charge in [-0.15, -0.1) is 10.2 Å². The molecule has 0 radical (unpaired) electrons. The standard InChI is InChI=1S/C16H14ClF3N4O/c1-9-7-13(16(18,19)20)23-24(9)10(2)15-22-21-14(25-15)8-11-3-5-12(17)6-4-11/h3-7,10H,8H2,1-2H3. The van der Waals surface area contributed by atoms with Crippen LogP contribution in [0.1, 0.15) is 41.7 Å². The summed E-state index contributed by atoms with van der Waals surface area (Å²) in [6.07, 6.45) is -4.09. The highest BCUT2D eigenvalue weighted by Gasteiger charge is 2.35. The van der Waals surface area contributed by atoms with Crippen molar-refractivity contribution in [2.24, 2.45) is 0 Å². The molecule has 2 heterocycles. The van der Waals surface area contributed by atoms with Crippen LogP contribution in [0.3, 0.4) is 0 Å². The lowest BCUT2D eigenvalue weighted by Gasteiger charge is -2.10. The molecule has 5 nitrogen and oxygen atoms in total. The Hall–Kier alpha value is -2.35. The van der Waals surface area contributed by atoms with Crippen molar-refractivity contribution in [2.75, 3.05) is 0 Å². The van der Waals surface area contributed by atoms with E-state index in [1.54, 1.807) is 26.0 Å². The average molecular weight is 371 g/mol. The molecular weight excluding hydrogens is 357 g/mol. The number of hydrogen-bond acceptors (Lipinski definition) is 4. The molecule has 0 bridgehead atoms. The van der Waals surface area contributed by atoms with Crippen LogP contribution >= 0.6 is 11.6 Å². The Bertz CT molecular complexity index is 870. The lowest BCUT2D eigenvalue weighted by molar-refractivity contribution is -0.141. The molecule has 0 saturated heterocycles. The molecule has 132 valence electrons. The number of hydrogen-bond donors (Lipinski definition) is 0. The number of rotatable bonds is 4. The topological polar surface area (TPSA) is 56.7 Å². The third kappa shape index (κ3) is 3.84. The van der Waals surface area contributed by atoms with Gasteiger partial charge < -0.3 is 4.42 Å². The summed E-state index contributed by atoms with van der Waals surface area (Å²) in [5, 5.41) is 12.1. The summed E-state index contributed by atoms with van der Waals surface area (Å²) in [5.41, 5.74) is 0.344. The highest BCUT2D eigenvalue weighted by atomic mass is 35.5. The quantitative estimate of drug-likeness (QED) is 0.681. The van der Waals surface area contributed by atoms with Gasteiger partial charge in [-0.1, -0.05) is 23.7 Å². The van der Waals surface area contributed by atoms with Crippen LogP contribution < -0.4 is 0 Å². The van der Waals surface area contributed by atoms with E-state index in [1.807, 2.05) is 12.1 Å². The Labute approximate surface area is 146 Å². The van der Waals surface area contributed by atoms with Crippen molar-refractivity contribution in [1.29, 1.82) is 0 Å². The molecule has 1 atom stereocenters. The maximum Gasteiger partial charge on any atom is 0.435 e. The van der Waals surface area contributed by atoms with Gasteiger partial charge in [0.1, 0.15) is 6.04 Å². The van der Waals surface area contributed by atoms with Gasteiger partial charge in [0.25, 0.3) is 0 Å². The summed E-state index contributed by atoms with van der Waals surface area (Å²) < 4.78 is 45.2. The number of aryl methyl sites for hydroxylation is 1. The van der Waals surface area contributed by atoms with E-state index in [9.17, 15) is 13.2 Å². The Balaban J connectivity index is 1.80. The van der Waals surface area contributed by atoms with Crippen LogP contribution in [0.25, 0.3) is 0 Å². The van der Waals surface area contributed by atoms with E-state index < -0.39 is 17.9 Å². The van der Waals surface area contributed by atoms with E-state index in [2.05, 4.69) is 15.3 Å². The zero-order chi connectivity index (χ0) is 18.2. The monoisotopic (exact) mass is 370 g/mol. The number of benzene rings is 1. The molecule has 0 aliphatic carbocycles. The maximum absolute atomic E-state index is 12.8. The summed E-state index contributed by atoms with van der Waals surface area (Å²) in [4.78, 5) is 0. The van der Waals surface area contributed by atoms with E-state index in [4.69, 9.17) is 16.0 Å². The fourth-order valence-corrected chi connectivity index (χ4v) is 2.53. The highest BCUT2D eigenvalue weighted by molar-refractivity contribution is 6.30. The van der Waals surface area contributed by atoms with E-state index in [1.165, 1.54) is 4.68 Å². The maximum atomic E-state index is 12.8. The van der Waals surface area contributed by atoms with Crippen molar-refractivity contribution >= 4 is 11.6 Å². The van der Waals surface area contributed by atoms with E-state index in [0.717, 1.165) is 11.6 Å². The summed E-state index contributed by atoms with van der Waals surface area (Å²) >= 11 is 5.84. The number of alkyl halides is 3. The van der Waals surface area contributed by atoms with Crippen LogP contribution in [0.5, 0.6) is 0 Å². The second-order valence-electron chi connectivity index (χ2n) is 5.63. The first-order chi connectivity index (χ1) is 11.7. The zero-order valence-corrected chi connectivity index (χ0v) is 14.1. The normalized spacial score (nSPS) is 13.2. The summed E-state index contributed by atoms with van der Waals surface area (Å²) in [7, 11) is 0. The third-order valence-electron chi connectivity index (χ3n) is 3.69. The van der Waals surface area contributed by atoms with Crippen molar-refractivity contribution in [3.8, 4) is 0 Å². The summed E-state index contributed by atoms with van der Waals surface area (Å²) in [5.74, 6) is 0.564. The van der Waals surface area contributed by atoms with Gasteiger partial charge in [0.05, 0.1) is 6.42 Å². The molecule has 1 aromatic carbocycles. The van der Waals surface area contributed by atoms with Gasteiger partial charge in [-0.3, -0.25) is 4.68 Å². The number of nitrogens with zero attached hydrogens (tertiary/aromatic N) is 4. The Morgan fingerprint density at radius 2 is 1.88 bits per heavy atom. The van der Waals surface area contributed by atoms with E-state index >= 15 is 0 Å². The van der Waals surface area contributed by atoms with Crippen molar-refractivity contribution in [1.82, 2.24) is 20.0 Å². The molecule has 0 amide bonds. The van der Waals surface area contributed by atoms with Crippen LogP contribution in [0.4, 0.5) is 13.2 Å². The lowest BCUT2D eigenvalue weighted by Crippen LogP contribution is -2.13. The van der Waals surface area contributed by atoms with Crippen molar-refractivity contribution < 1.29 is 17.6 Å². The zero-order valence-electron chi connectivity index (χ0n) is 13.4. The Morgan fingerprint density at radius 3 is 2.48 bits per heavy atom. The van der Waals surface area contributed by atoms with Gasteiger partial charge >= 0.3 is 6.18 Å². The van der Waals surface area contributed by atoms with Gasteiger partial charge in [0.15, 0.2) is 5.69 Å². The average Bonchev–Trinajstić information content (AvgIpc) is 3.15. The molecule has 0 spiro atoms. The fourth-order valence-electron chi connectivity index (χ4n) is 2.41. The predicted molar refractivity (Wildman–Crippen MR) is 84.3 cm³/mol. The van der Waals surface area contributed by atoms with Crippen LogP contribution in [0.15, 0.2) is 34.7 Å². The SMILES string of the molecule is Cc1cc(C(F)(F)F)nn1C(C)c1nnc(Cc2ccc(Cl)cc2)o1. The minimum Gasteiger partial charge on any atom is -0.423 e. The summed E-state index contributed by atoms with van der Waals surface area (Å²) in [6.45, 7) is 3.20. The number of aromatic nitrogens is 4. The van der Waals surface area contributed by atoms with Crippen LogP contribution in [-0.4, -0.2) is 20.0 Å². The molecule has 3 rings (SSSR count). The van der Waals surface area contributed by atoms with Crippen molar-refractivity contribution in [3.63, 3.8) is 0 Å². The van der Waals surface area contributed by atoms with Gasteiger partial charge in [-0.25, -0.2) is 0 Å². The molecule has 0 aliphatic rings. The Kier molecular flexibility index (Phi) is 4.55. The summed E-state index contributed by atoms with van der Waals surface area (Å²) in [6, 6.07) is 7.56.